The summed E-state index contributed by atoms with van der Waals surface area (Å²) in [4.78, 5) is 4.59. The zero-order chi connectivity index (χ0) is 19.0. The van der Waals surface area contributed by atoms with Gasteiger partial charge in [-0.05, 0) is 36.4 Å². The van der Waals surface area contributed by atoms with Crippen molar-refractivity contribution in [1.29, 1.82) is 0 Å². The van der Waals surface area contributed by atoms with Crippen molar-refractivity contribution in [1.82, 2.24) is 4.98 Å². The van der Waals surface area contributed by atoms with E-state index in [-0.39, 0.29) is 0 Å². The molecule has 0 spiro atoms. The highest BCUT2D eigenvalue weighted by Gasteiger charge is 2.04. The van der Waals surface area contributed by atoms with Crippen LogP contribution in [0.4, 0.5) is 5.69 Å². The summed E-state index contributed by atoms with van der Waals surface area (Å²) >= 11 is 1.70. The third kappa shape index (κ3) is 7.60. The normalized spacial score (nSPS) is 8.17. The van der Waals surface area contributed by atoms with Crippen molar-refractivity contribution in [2.45, 2.75) is 55.4 Å². The molecule has 3 rings (SSSR count). The summed E-state index contributed by atoms with van der Waals surface area (Å²) < 4.78 is 1.22. The van der Waals surface area contributed by atoms with Gasteiger partial charge in [0.25, 0.3) is 0 Å². The summed E-state index contributed by atoms with van der Waals surface area (Å²) in [7, 11) is 0. The van der Waals surface area contributed by atoms with Crippen LogP contribution < -0.4 is 5.73 Å². The van der Waals surface area contributed by atoms with Crippen LogP contribution in [-0.4, -0.2) is 4.98 Å². The Morgan fingerprint density at radius 3 is 1.71 bits per heavy atom. The molecule has 0 bridgehead atoms. The molecule has 1 heterocycles. The molecule has 0 fully saturated rings. The zero-order valence-electron chi connectivity index (χ0n) is 16.6. The monoisotopic (exact) mass is 346 g/mol. The number of fused-ring (bicyclic) bond motifs is 1. The molecule has 0 aliphatic carbocycles. The minimum atomic E-state index is 0.782. The van der Waals surface area contributed by atoms with Gasteiger partial charge in [0.15, 0.2) is 0 Å². The van der Waals surface area contributed by atoms with Crippen LogP contribution in [0, 0.1) is 0 Å². The van der Waals surface area contributed by atoms with Crippen molar-refractivity contribution in [2.75, 3.05) is 5.73 Å². The van der Waals surface area contributed by atoms with Crippen LogP contribution in [0.1, 0.15) is 55.4 Å². The topological polar surface area (TPSA) is 38.9 Å². The van der Waals surface area contributed by atoms with Crippen LogP contribution in [-0.2, 0) is 0 Å². The molecule has 3 aromatic rings. The fraction of sp³-hybridized carbons (Fsp3) is 0.381. The van der Waals surface area contributed by atoms with E-state index in [0.29, 0.717) is 0 Å². The second-order valence-electron chi connectivity index (χ2n) is 3.61. The lowest BCUT2D eigenvalue weighted by Gasteiger charge is -1.95. The Labute approximate surface area is 152 Å². The van der Waals surface area contributed by atoms with Gasteiger partial charge in [-0.15, -0.1) is 11.3 Å². The fourth-order valence-corrected chi connectivity index (χ4v) is 2.59. The highest BCUT2D eigenvalue weighted by molar-refractivity contribution is 7.21. The van der Waals surface area contributed by atoms with Crippen LogP contribution in [0.15, 0.2) is 48.5 Å². The van der Waals surface area contributed by atoms with E-state index >= 15 is 0 Å². The molecule has 0 amide bonds. The lowest BCUT2D eigenvalue weighted by atomic mass is 10.2. The van der Waals surface area contributed by atoms with Crippen LogP contribution in [0.3, 0.4) is 0 Å². The Bertz CT molecular complexity index is 595. The lowest BCUT2D eigenvalue weighted by molar-refractivity contribution is 1.48. The van der Waals surface area contributed by atoms with Gasteiger partial charge in [-0.1, -0.05) is 67.5 Å². The predicted molar refractivity (Wildman–Crippen MR) is 115 cm³/mol. The summed E-state index contributed by atoms with van der Waals surface area (Å²) in [5.41, 5.74) is 8.62. The number of nitrogen functional groups attached to an aromatic ring is 1. The van der Waals surface area contributed by atoms with Gasteiger partial charge >= 0.3 is 0 Å². The molecule has 1 aromatic heterocycles. The first-order valence-electron chi connectivity index (χ1n) is 9.04. The summed E-state index contributed by atoms with van der Waals surface area (Å²) in [6, 6.07) is 16.0. The number of benzene rings is 2. The summed E-state index contributed by atoms with van der Waals surface area (Å²) in [6.07, 6.45) is 0. The van der Waals surface area contributed by atoms with E-state index < -0.39 is 0 Å². The Morgan fingerprint density at radius 2 is 1.21 bits per heavy atom. The van der Waals surface area contributed by atoms with Gasteiger partial charge < -0.3 is 5.73 Å². The molecule has 0 aliphatic rings. The quantitative estimate of drug-likeness (QED) is 0.459. The second kappa shape index (κ2) is 16.0. The van der Waals surface area contributed by atoms with Gasteiger partial charge in [-0.3, -0.25) is 0 Å². The Balaban J connectivity index is 0. The third-order valence-electron chi connectivity index (χ3n) is 2.45. The molecule has 0 unspecified atom stereocenters. The minimum Gasteiger partial charge on any atom is -0.399 e. The maximum absolute atomic E-state index is 5.66. The van der Waals surface area contributed by atoms with Crippen LogP contribution in [0.25, 0.3) is 20.8 Å². The van der Waals surface area contributed by atoms with E-state index in [2.05, 4.69) is 11.1 Å². The van der Waals surface area contributed by atoms with Gasteiger partial charge in [0, 0.05) is 11.3 Å². The van der Waals surface area contributed by atoms with Crippen molar-refractivity contribution in [3.63, 3.8) is 0 Å². The van der Waals surface area contributed by atoms with Gasteiger partial charge in [-0.2, -0.15) is 0 Å². The fourth-order valence-electron chi connectivity index (χ4n) is 1.62. The first-order valence-corrected chi connectivity index (χ1v) is 9.86. The highest BCUT2D eigenvalue weighted by atomic mass is 32.1. The molecule has 0 radical (unpaired) electrons. The minimum absolute atomic E-state index is 0.782. The molecular formula is C21H34N2S. The molecule has 0 aliphatic heterocycles. The molecule has 2 N–H and O–H groups in total. The third-order valence-corrected chi connectivity index (χ3v) is 3.54. The number of nitrogens with zero attached hydrogens (tertiary/aromatic N) is 1. The van der Waals surface area contributed by atoms with E-state index in [1.165, 1.54) is 4.70 Å². The number of para-hydroxylation sites is 1. The van der Waals surface area contributed by atoms with Crippen molar-refractivity contribution in [3.05, 3.63) is 48.5 Å². The van der Waals surface area contributed by atoms with E-state index in [4.69, 9.17) is 5.73 Å². The van der Waals surface area contributed by atoms with Gasteiger partial charge in [-0.25, -0.2) is 4.98 Å². The predicted octanol–water partition coefficient (Wildman–Crippen LogP) is 7.65. The maximum Gasteiger partial charge on any atom is 0.124 e. The number of thiazole rings is 1. The molecule has 0 saturated carbocycles. The smallest absolute Gasteiger partial charge is 0.124 e. The van der Waals surface area contributed by atoms with E-state index in [1.54, 1.807) is 11.3 Å². The Morgan fingerprint density at radius 1 is 0.708 bits per heavy atom. The number of hydrogen-bond donors (Lipinski definition) is 1. The summed E-state index contributed by atoms with van der Waals surface area (Å²) in [6.45, 7) is 16.0. The number of hydrogen-bond acceptors (Lipinski definition) is 3. The molecule has 0 atom stereocenters. The lowest BCUT2D eigenvalue weighted by Crippen LogP contribution is -1.83. The Kier molecular flexibility index (Phi) is 16.3. The SMILES string of the molecule is CC.CC.CC.CC.Nc1ccc(-c2nc3ccccc3s2)cc1. The van der Waals surface area contributed by atoms with E-state index in [0.717, 1.165) is 21.8 Å². The highest BCUT2D eigenvalue weighted by Crippen LogP contribution is 2.30. The van der Waals surface area contributed by atoms with Crippen molar-refractivity contribution in [3.8, 4) is 10.6 Å². The molecule has 3 heteroatoms. The van der Waals surface area contributed by atoms with Crippen molar-refractivity contribution in [2.24, 2.45) is 0 Å². The number of anilines is 1. The number of nitrogens with two attached hydrogens (primary N) is 1. The number of rotatable bonds is 1. The molecule has 2 nitrogen and oxygen atoms in total. The van der Waals surface area contributed by atoms with Gasteiger partial charge in [0.1, 0.15) is 5.01 Å². The molecule has 24 heavy (non-hydrogen) atoms. The maximum atomic E-state index is 5.66. The van der Waals surface area contributed by atoms with Crippen molar-refractivity contribution < 1.29 is 0 Å². The molecule has 2 aromatic carbocycles. The first kappa shape index (κ1) is 24.4. The average Bonchev–Trinajstić information content (AvgIpc) is 3.13. The first-order chi connectivity index (χ1) is 11.8. The van der Waals surface area contributed by atoms with Crippen molar-refractivity contribution >= 4 is 27.2 Å². The number of aromatic nitrogens is 1. The zero-order valence-corrected chi connectivity index (χ0v) is 17.4. The second-order valence-corrected chi connectivity index (χ2v) is 4.64. The largest absolute Gasteiger partial charge is 0.399 e. The molecular weight excluding hydrogens is 312 g/mol. The van der Waals surface area contributed by atoms with E-state index in [9.17, 15) is 0 Å². The van der Waals surface area contributed by atoms with Crippen LogP contribution in [0.5, 0.6) is 0 Å². The average molecular weight is 347 g/mol. The van der Waals surface area contributed by atoms with Gasteiger partial charge in [0.2, 0.25) is 0 Å². The van der Waals surface area contributed by atoms with Crippen LogP contribution in [0.2, 0.25) is 0 Å². The van der Waals surface area contributed by atoms with Gasteiger partial charge in [0.05, 0.1) is 10.2 Å². The Hall–Kier alpha value is -1.87. The molecule has 0 saturated heterocycles. The summed E-state index contributed by atoms with van der Waals surface area (Å²) in [5.74, 6) is 0. The van der Waals surface area contributed by atoms with Crippen LogP contribution >= 0.6 is 11.3 Å². The summed E-state index contributed by atoms with van der Waals surface area (Å²) in [5, 5.41) is 1.04. The standard InChI is InChI=1S/C13H10N2S.4C2H6/c14-10-7-5-9(6-8-10)13-15-11-3-1-2-4-12(11)16-13;4*1-2/h1-8H,14H2;4*1-2H3. The van der Waals surface area contributed by atoms with E-state index in [1.807, 2.05) is 97.9 Å². The molecule has 134 valence electrons.